The van der Waals surface area contributed by atoms with Gasteiger partial charge in [-0.05, 0) is 59.4 Å². The molecule has 0 aromatic carbocycles. The molecule has 0 radical (unpaired) electrons. The van der Waals surface area contributed by atoms with Crippen LogP contribution in [0.25, 0.3) is 0 Å². The Balaban J connectivity index is 1.77. The van der Waals surface area contributed by atoms with E-state index in [0.717, 1.165) is 25.2 Å². The third-order valence-electron chi connectivity index (χ3n) is 4.75. The summed E-state index contributed by atoms with van der Waals surface area (Å²) >= 11 is 0. The van der Waals surface area contributed by atoms with Crippen LogP contribution in [0, 0.1) is 0 Å². The maximum Gasteiger partial charge on any atom is 0.0223 e. The Labute approximate surface area is 112 Å². The van der Waals surface area contributed by atoms with E-state index in [2.05, 4.69) is 28.8 Å². The molecule has 4 nitrogen and oxygen atoms in total. The van der Waals surface area contributed by atoms with Gasteiger partial charge >= 0.3 is 0 Å². The van der Waals surface area contributed by atoms with E-state index < -0.39 is 0 Å². The molecule has 2 N–H and O–H groups in total. The first-order valence-corrected chi connectivity index (χ1v) is 7.53. The lowest BCUT2D eigenvalue weighted by molar-refractivity contribution is 0.0619. The van der Waals surface area contributed by atoms with Crippen molar-refractivity contribution < 1.29 is 0 Å². The molecule has 0 aliphatic carbocycles. The quantitative estimate of drug-likeness (QED) is 0.789. The monoisotopic (exact) mass is 254 g/mol. The van der Waals surface area contributed by atoms with Gasteiger partial charge in [0.05, 0.1) is 0 Å². The first kappa shape index (κ1) is 14.3. The highest BCUT2D eigenvalue weighted by Crippen LogP contribution is 2.21. The van der Waals surface area contributed by atoms with Crippen molar-refractivity contribution in [2.75, 3.05) is 53.4 Å². The van der Waals surface area contributed by atoms with Gasteiger partial charge in [-0.15, -0.1) is 0 Å². The Hall–Kier alpha value is -0.160. The smallest absolute Gasteiger partial charge is 0.0223 e. The lowest BCUT2D eigenvalue weighted by Gasteiger charge is -2.43. The van der Waals surface area contributed by atoms with E-state index in [4.69, 9.17) is 5.73 Å². The van der Waals surface area contributed by atoms with Crippen LogP contribution in [-0.4, -0.2) is 80.1 Å². The van der Waals surface area contributed by atoms with Crippen molar-refractivity contribution in [2.45, 2.75) is 37.8 Å². The van der Waals surface area contributed by atoms with Crippen molar-refractivity contribution in [1.82, 2.24) is 14.7 Å². The first-order valence-electron chi connectivity index (χ1n) is 7.53. The Morgan fingerprint density at radius 3 is 2.44 bits per heavy atom. The molecule has 0 aromatic heterocycles. The fraction of sp³-hybridized carbons (Fsp3) is 1.00. The largest absolute Gasteiger partial charge is 0.329 e. The molecule has 2 saturated heterocycles. The standard InChI is InChI=1S/C14H30N4/c1-16-8-3-4-14(12-16)17(2)13-5-9-18(10-6-13)11-7-15/h13-14H,3-12,15H2,1-2H3. The van der Waals surface area contributed by atoms with Gasteiger partial charge in [0, 0.05) is 31.7 Å². The van der Waals surface area contributed by atoms with E-state index in [1.165, 1.54) is 51.9 Å². The van der Waals surface area contributed by atoms with Crippen molar-refractivity contribution in [2.24, 2.45) is 5.73 Å². The van der Waals surface area contributed by atoms with Crippen LogP contribution in [0.4, 0.5) is 0 Å². The van der Waals surface area contributed by atoms with Crippen LogP contribution in [0.5, 0.6) is 0 Å². The topological polar surface area (TPSA) is 35.7 Å². The maximum atomic E-state index is 5.63. The van der Waals surface area contributed by atoms with Gasteiger partial charge in [-0.1, -0.05) is 0 Å². The average Bonchev–Trinajstić information content (AvgIpc) is 2.39. The third kappa shape index (κ3) is 3.67. The van der Waals surface area contributed by atoms with Crippen LogP contribution in [0.15, 0.2) is 0 Å². The summed E-state index contributed by atoms with van der Waals surface area (Å²) in [6.07, 6.45) is 5.37. The van der Waals surface area contributed by atoms with Gasteiger partial charge in [0.15, 0.2) is 0 Å². The molecule has 0 aromatic rings. The zero-order chi connectivity index (χ0) is 13.0. The maximum absolute atomic E-state index is 5.63. The summed E-state index contributed by atoms with van der Waals surface area (Å²) in [4.78, 5) is 7.65. The molecule has 2 heterocycles. The summed E-state index contributed by atoms with van der Waals surface area (Å²) in [5.74, 6) is 0. The zero-order valence-corrected chi connectivity index (χ0v) is 12.1. The number of likely N-dealkylation sites (N-methyl/N-ethyl adjacent to an activating group) is 2. The second-order valence-corrected chi connectivity index (χ2v) is 6.09. The molecular formula is C14H30N4. The number of hydrogen-bond acceptors (Lipinski definition) is 4. The highest BCUT2D eigenvalue weighted by atomic mass is 15.2. The minimum Gasteiger partial charge on any atom is -0.329 e. The molecular weight excluding hydrogens is 224 g/mol. The second kappa shape index (κ2) is 6.85. The Morgan fingerprint density at radius 2 is 1.83 bits per heavy atom. The molecule has 2 aliphatic rings. The normalized spacial score (nSPS) is 29.0. The van der Waals surface area contributed by atoms with E-state index in [-0.39, 0.29) is 0 Å². The van der Waals surface area contributed by atoms with E-state index in [1.807, 2.05) is 0 Å². The van der Waals surface area contributed by atoms with E-state index in [1.54, 1.807) is 0 Å². The summed E-state index contributed by atoms with van der Waals surface area (Å²) in [7, 11) is 4.59. The lowest BCUT2D eigenvalue weighted by Crippen LogP contribution is -2.52. The molecule has 4 heteroatoms. The summed E-state index contributed by atoms with van der Waals surface area (Å²) < 4.78 is 0. The molecule has 2 aliphatic heterocycles. The molecule has 0 saturated carbocycles. The van der Waals surface area contributed by atoms with Crippen molar-refractivity contribution in [3.63, 3.8) is 0 Å². The number of nitrogens with zero attached hydrogens (tertiary/aromatic N) is 3. The van der Waals surface area contributed by atoms with Crippen molar-refractivity contribution in [3.8, 4) is 0 Å². The Kier molecular flexibility index (Phi) is 5.42. The molecule has 106 valence electrons. The fourth-order valence-corrected chi connectivity index (χ4v) is 3.50. The van der Waals surface area contributed by atoms with E-state index in [0.29, 0.717) is 0 Å². The number of rotatable bonds is 4. The summed E-state index contributed by atoms with van der Waals surface area (Å²) in [6.45, 7) is 6.86. The summed E-state index contributed by atoms with van der Waals surface area (Å²) in [5, 5.41) is 0. The number of piperidine rings is 2. The second-order valence-electron chi connectivity index (χ2n) is 6.09. The Morgan fingerprint density at radius 1 is 1.11 bits per heavy atom. The number of nitrogens with two attached hydrogens (primary N) is 1. The molecule has 18 heavy (non-hydrogen) atoms. The van der Waals surface area contributed by atoms with Gasteiger partial charge in [-0.25, -0.2) is 0 Å². The average molecular weight is 254 g/mol. The molecule has 1 atom stereocenters. The highest BCUT2D eigenvalue weighted by molar-refractivity contribution is 4.85. The van der Waals surface area contributed by atoms with Crippen LogP contribution < -0.4 is 5.73 Å². The van der Waals surface area contributed by atoms with E-state index >= 15 is 0 Å². The number of likely N-dealkylation sites (tertiary alicyclic amines) is 2. The fourth-order valence-electron chi connectivity index (χ4n) is 3.50. The first-order chi connectivity index (χ1) is 8.70. The lowest BCUT2D eigenvalue weighted by atomic mass is 9.98. The van der Waals surface area contributed by atoms with Gasteiger partial charge in [-0.2, -0.15) is 0 Å². The minimum atomic E-state index is 0.773. The predicted molar refractivity (Wildman–Crippen MR) is 76.8 cm³/mol. The molecule has 2 rings (SSSR count). The zero-order valence-electron chi connectivity index (χ0n) is 12.1. The molecule has 0 spiro atoms. The van der Waals surface area contributed by atoms with Gasteiger partial charge < -0.3 is 15.5 Å². The van der Waals surface area contributed by atoms with Gasteiger partial charge in [0.2, 0.25) is 0 Å². The van der Waals surface area contributed by atoms with Crippen LogP contribution in [0.1, 0.15) is 25.7 Å². The molecule has 0 amide bonds. The van der Waals surface area contributed by atoms with Gasteiger partial charge in [0.25, 0.3) is 0 Å². The molecule has 1 unspecified atom stereocenters. The van der Waals surface area contributed by atoms with Gasteiger partial charge in [0.1, 0.15) is 0 Å². The van der Waals surface area contributed by atoms with Gasteiger partial charge in [-0.3, -0.25) is 4.90 Å². The SMILES string of the molecule is CN1CCCC(N(C)C2CCN(CCN)CC2)C1. The summed E-state index contributed by atoms with van der Waals surface area (Å²) in [6, 6.07) is 1.56. The van der Waals surface area contributed by atoms with Crippen LogP contribution >= 0.6 is 0 Å². The Bertz CT molecular complexity index is 238. The van der Waals surface area contributed by atoms with Crippen molar-refractivity contribution in [3.05, 3.63) is 0 Å². The van der Waals surface area contributed by atoms with Crippen LogP contribution in [0.2, 0.25) is 0 Å². The van der Waals surface area contributed by atoms with E-state index in [9.17, 15) is 0 Å². The molecule has 2 fully saturated rings. The van der Waals surface area contributed by atoms with Crippen molar-refractivity contribution >= 4 is 0 Å². The number of hydrogen-bond donors (Lipinski definition) is 1. The van der Waals surface area contributed by atoms with Crippen LogP contribution in [0.3, 0.4) is 0 Å². The van der Waals surface area contributed by atoms with Crippen LogP contribution in [-0.2, 0) is 0 Å². The molecule has 0 bridgehead atoms. The predicted octanol–water partition coefficient (Wildman–Crippen LogP) is 0.436. The minimum absolute atomic E-state index is 0.773. The third-order valence-corrected chi connectivity index (χ3v) is 4.75. The van der Waals surface area contributed by atoms with Crippen molar-refractivity contribution in [1.29, 1.82) is 0 Å². The highest BCUT2D eigenvalue weighted by Gasteiger charge is 2.28. The summed E-state index contributed by atoms with van der Waals surface area (Å²) in [5.41, 5.74) is 5.63.